The van der Waals surface area contributed by atoms with E-state index in [1.807, 2.05) is 0 Å². The topological polar surface area (TPSA) is 40.5 Å². The van der Waals surface area contributed by atoms with Crippen LogP contribution in [0, 0.1) is 34.5 Å². The number of halogens is 2. The zero-order chi connectivity index (χ0) is 18.4. The highest BCUT2D eigenvalue weighted by Crippen LogP contribution is 2.61. The third-order valence-corrected chi connectivity index (χ3v) is 8.91. The van der Waals surface area contributed by atoms with Crippen molar-refractivity contribution in [2.45, 2.75) is 78.2 Å². The van der Waals surface area contributed by atoms with Crippen LogP contribution in [-0.4, -0.2) is 22.9 Å². The van der Waals surface area contributed by atoms with Crippen LogP contribution < -0.4 is 0 Å². The van der Waals surface area contributed by atoms with Crippen molar-refractivity contribution in [3.05, 3.63) is 10.1 Å². The van der Waals surface area contributed by atoms with Gasteiger partial charge in [0.15, 0.2) is 0 Å². The first-order valence-corrected chi connectivity index (χ1v) is 10.8. The van der Waals surface area contributed by atoms with Gasteiger partial charge in [-0.15, -0.1) is 0 Å². The van der Waals surface area contributed by atoms with Crippen molar-refractivity contribution in [1.82, 2.24) is 0 Å². The molecule has 0 amide bonds. The van der Waals surface area contributed by atoms with Crippen LogP contribution in [0.4, 0.5) is 0 Å². The van der Waals surface area contributed by atoms with Gasteiger partial charge in [0, 0.05) is 6.61 Å². The molecule has 4 heteroatoms. The standard InChI is InChI=1S/C21H34Cl2O2/c1-13-10-14(20(2)9-7-16(25)11-15(20)12-24)6-8-21(3)17(13)4-5-18(21)19(22)23/h13-17,24-25H,4-12H2,1-3H3/t13-,14?,15-,16+,17?,20-,21+/m1/s1. The monoisotopic (exact) mass is 388 g/mol. The molecule has 2 nitrogen and oxygen atoms in total. The summed E-state index contributed by atoms with van der Waals surface area (Å²) in [5.74, 6) is 2.12. The van der Waals surface area contributed by atoms with Crippen LogP contribution in [-0.2, 0) is 0 Å². The fourth-order valence-electron chi connectivity index (χ4n) is 6.71. The Morgan fingerprint density at radius 3 is 2.48 bits per heavy atom. The lowest BCUT2D eigenvalue weighted by Crippen LogP contribution is -2.43. The van der Waals surface area contributed by atoms with Crippen molar-refractivity contribution in [2.24, 2.45) is 34.5 Å². The van der Waals surface area contributed by atoms with E-state index in [2.05, 4.69) is 20.8 Å². The van der Waals surface area contributed by atoms with Crippen LogP contribution in [0.1, 0.15) is 72.1 Å². The maximum absolute atomic E-state index is 10.1. The van der Waals surface area contributed by atoms with E-state index in [4.69, 9.17) is 23.2 Å². The first-order chi connectivity index (χ1) is 11.7. The number of hydrogen-bond acceptors (Lipinski definition) is 2. The van der Waals surface area contributed by atoms with Gasteiger partial charge < -0.3 is 10.2 Å². The highest BCUT2D eigenvalue weighted by molar-refractivity contribution is 6.56. The van der Waals surface area contributed by atoms with Crippen molar-refractivity contribution >= 4 is 23.2 Å². The molecule has 144 valence electrons. The minimum absolute atomic E-state index is 0.131. The summed E-state index contributed by atoms with van der Waals surface area (Å²) in [5, 5.41) is 20.1. The normalized spacial score (nSPS) is 48.1. The molecule has 0 aromatic heterocycles. The van der Waals surface area contributed by atoms with Gasteiger partial charge >= 0.3 is 0 Å². The summed E-state index contributed by atoms with van der Waals surface area (Å²) in [7, 11) is 0. The van der Waals surface area contributed by atoms with Crippen molar-refractivity contribution < 1.29 is 10.2 Å². The lowest BCUT2D eigenvalue weighted by atomic mass is 9.58. The van der Waals surface area contributed by atoms with Gasteiger partial charge in [0.25, 0.3) is 0 Å². The molecule has 3 fully saturated rings. The number of rotatable bonds is 2. The summed E-state index contributed by atoms with van der Waals surface area (Å²) in [6, 6.07) is 0. The molecule has 0 spiro atoms. The highest BCUT2D eigenvalue weighted by atomic mass is 35.5. The van der Waals surface area contributed by atoms with Crippen LogP contribution in [0.2, 0.25) is 0 Å². The Balaban J connectivity index is 1.86. The summed E-state index contributed by atoms with van der Waals surface area (Å²) >= 11 is 12.5. The zero-order valence-electron chi connectivity index (χ0n) is 15.9. The SMILES string of the molecule is C[C@@H]1CC([C@@]2(C)CC[C@H](O)C[C@@H]2CO)CC[C@]2(C)C(=C(Cl)Cl)CCC12. The Morgan fingerprint density at radius 1 is 1.12 bits per heavy atom. The minimum atomic E-state index is -0.241. The van der Waals surface area contributed by atoms with Crippen LogP contribution in [0.15, 0.2) is 10.1 Å². The maximum atomic E-state index is 10.1. The van der Waals surface area contributed by atoms with E-state index in [0.717, 1.165) is 32.1 Å². The summed E-state index contributed by atoms with van der Waals surface area (Å²) in [6.07, 6.45) is 8.17. The zero-order valence-corrected chi connectivity index (χ0v) is 17.4. The average Bonchev–Trinajstić information content (AvgIpc) is 2.85. The van der Waals surface area contributed by atoms with E-state index in [-0.39, 0.29) is 29.5 Å². The summed E-state index contributed by atoms with van der Waals surface area (Å²) in [5.41, 5.74) is 1.54. The van der Waals surface area contributed by atoms with Gasteiger partial charge in [-0.25, -0.2) is 0 Å². The number of allylic oxidation sites excluding steroid dienone is 1. The number of fused-ring (bicyclic) bond motifs is 1. The Morgan fingerprint density at radius 2 is 1.84 bits per heavy atom. The lowest BCUT2D eigenvalue weighted by molar-refractivity contribution is -0.0489. The number of aliphatic hydroxyl groups excluding tert-OH is 2. The lowest BCUT2D eigenvalue weighted by Gasteiger charge is -2.48. The molecule has 0 aromatic rings. The molecule has 0 bridgehead atoms. The van der Waals surface area contributed by atoms with E-state index in [9.17, 15) is 10.2 Å². The Bertz CT molecular complexity index is 530. The summed E-state index contributed by atoms with van der Waals surface area (Å²) in [4.78, 5) is 0. The minimum Gasteiger partial charge on any atom is -0.396 e. The first kappa shape index (κ1) is 20.0. The van der Waals surface area contributed by atoms with Gasteiger partial charge in [0.2, 0.25) is 0 Å². The molecule has 3 rings (SSSR count). The fourth-order valence-corrected chi connectivity index (χ4v) is 7.33. The van der Waals surface area contributed by atoms with Crippen molar-refractivity contribution in [1.29, 1.82) is 0 Å². The Labute approximate surface area is 163 Å². The molecular formula is C21H34Cl2O2. The molecular weight excluding hydrogens is 355 g/mol. The quantitative estimate of drug-likeness (QED) is 0.637. The van der Waals surface area contributed by atoms with Crippen molar-refractivity contribution in [3.63, 3.8) is 0 Å². The molecule has 3 aliphatic rings. The van der Waals surface area contributed by atoms with E-state index < -0.39 is 0 Å². The molecule has 0 heterocycles. The van der Waals surface area contributed by atoms with Gasteiger partial charge in [0.05, 0.1) is 6.10 Å². The van der Waals surface area contributed by atoms with E-state index in [0.29, 0.717) is 22.2 Å². The van der Waals surface area contributed by atoms with E-state index in [1.54, 1.807) is 0 Å². The molecule has 2 unspecified atom stereocenters. The van der Waals surface area contributed by atoms with Gasteiger partial charge in [-0.3, -0.25) is 0 Å². The molecule has 0 aliphatic heterocycles. The molecule has 25 heavy (non-hydrogen) atoms. The largest absolute Gasteiger partial charge is 0.396 e. The third kappa shape index (κ3) is 3.42. The molecule has 2 N–H and O–H groups in total. The molecule has 0 saturated heterocycles. The predicted molar refractivity (Wildman–Crippen MR) is 105 cm³/mol. The summed E-state index contributed by atoms with van der Waals surface area (Å²) < 4.78 is 0.496. The van der Waals surface area contributed by atoms with Gasteiger partial charge in [-0.05, 0) is 91.4 Å². The number of hydrogen-bond donors (Lipinski definition) is 2. The van der Waals surface area contributed by atoms with Crippen LogP contribution in [0.25, 0.3) is 0 Å². The Hall–Kier alpha value is 0.240. The van der Waals surface area contributed by atoms with Crippen LogP contribution in [0.5, 0.6) is 0 Å². The molecule has 3 aliphatic carbocycles. The van der Waals surface area contributed by atoms with Gasteiger partial charge in [-0.2, -0.15) is 0 Å². The van der Waals surface area contributed by atoms with Gasteiger partial charge in [-0.1, -0.05) is 44.0 Å². The predicted octanol–water partition coefficient (Wildman–Crippen LogP) is 5.69. The average molecular weight is 389 g/mol. The fraction of sp³-hybridized carbons (Fsp3) is 0.905. The van der Waals surface area contributed by atoms with Crippen molar-refractivity contribution in [3.8, 4) is 0 Å². The second kappa shape index (κ2) is 7.34. The second-order valence-corrected chi connectivity index (χ2v) is 10.5. The molecule has 0 radical (unpaired) electrons. The van der Waals surface area contributed by atoms with Crippen LogP contribution in [0.3, 0.4) is 0 Å². The van der Waals surface area contributed by atoms with Gasteiger partial charge in [0.1, 0.15) is 4.49 Å². The Kier molecular flexibility index (Phi) is 5.87. The highest BCUT2D eigenvalue weighted by Gasteiger charge is 2.52. The van der Waals surface area contributed by atoms with Crippen LogP contribution >= 0.6 is 23.2 Å². The smallest absolute Gasteiger partial charge is 0.106 e. The molecule has 7 atom stereocenters. The molecule has 3 saturated carbocycles. The summed E-state index contributed by atoms with van der Waals surface area (Å²) in [6.45, 7) is 7.34. The van der Waals surface area contributed by atoms with E-state index in [1.165, 1.54) is 24.8 Å². The maximum Gasteiger partial charge on any atom is 0.106 e. The third-order valence-electron chi connectivity index (χ3n) is 8.46. The number of aliphatic hydroxyl groups is 2. The first-order valence-electron chi connectivity index (χ1n) is 10.1. The second-order valence-electron chi connectivity index (χ2n) is 9.56. The van der Waals surface area contributed by atoms with E-state index >= 15 is 0 Å². The van der Waals surface area contributed by atoms with Crippen molar-refractivity contribution in [2.75, 3.05) is 6.61 Å². The molecule has 0 aromatic carbocycles.